The van der Waals surface area contributed by atoms with E-state index >= 15 is 0 Å². The highest BCUT2D eigenvalue weighted by atomic mass is 35.5. The molecule has 0 spiro atoms. The van der Waals surface area contributed by atoms with Gasteiger partial charge >= 0.3 is 0 Å². The van der Waals surface area contributed by atoms with E-state index in [2.05, 4.69) is 10.3 Å². The lowest BCUT2D eigenvalue weighted by Crippen LogP contribution is -2.27. The van der Waals surface area contributed by atoms with Crippen LogP contribution in [0.5, 0.6) is 0 Å². The van der Waals surface area contributed by atoms with Crippen molar-refractivity contribution in [2.75, 3.05) is 6.54 Å². The Morgan fingerprint density at radius 1 is 1.16 bits per heavy atom. The number of halogens is 2. The Bertz CT molecular complexity index is 881. The predicted molar refractivity (Wildman–Crippen MR) is 101 cm³/mol. The molecule has 0 bridgehead atoms. The summed E-state index contributed by atoms with van der Waals surface area (Å²) in [5, 5.41) is 14.7. The van der Waals surface area contributed by atoms with Gasteiger partial charge in [0.1, 0.15) is 9.88 Å². The highest BCUT2D eigenvalue weighted by Gasteiger charge is 2.15. The molecule has 0 fully saturated rings. The maximum absolute atomic E-state index is 12.3. The first-order chi connectivity index (χ1) is 12.0. The number of amides is 1. The van der Waals surface area contributed by atoms with Crippen LogP contribution < -0.4 is 5.32 Å². The second kappa shape index (κ2) is 7.97. The molecule has 25 heavy (non-hydrogen) atoms. The van der Waals surface area contributed by atoms with Gasteiger partial charge in [0, 0.05) is 17.1 Å². The first kappa shape index (κ1) is 17.9. The molecule has 3 rings (SSSR count). The second-order valence-corrected chi connectivity index (χ2v) is 7.16. The number of nitrogens with one attached hydrogen (secondary N) is 1. The average Bonchev–Trinajstić information content (AvgIpc) is 3.10. The van der Waals surface area contributed by atoms with Crippen LogP contribution >= 0.6 is 34.5 Å². The Morgan fingerprint density at radius 2 is 1.88 bits per heavy atom. The van der Waals surface area contributed by atoms with E-state index in [1.807, 2.05) is 18.2 Å². The number of benzene rings is 2. The van der Waals surface area contributed by atoms with E-state index in [1.165, 1.54) is 17.5 Å². The molecular weight excluding hydrogens is 379 g/mol. The lowest BCUT2D eigenvalue weighted by molar-refractivity contribution is 0.0920. The number of rotatable bonds is 5. The maximum atomic E-state index is 12.3. The van der Waals surface area contributed by atoms with E-state index < -0.39 is 6.10 Å². The first-order valence-corrected chi connectivity index (χ1v) is 9.04. The fourth-order valence-corrected chi connectivity index (χ4v) is 3.50. The summed E-state index contributed by atoms with van der Waals surface area (Å²) in [7, 11) is 0. The van der Waals surface area contributed by atoms with Crippen LogP contribution in [0.1, 0.15) is 21.3 Å². The van der Waals surface area contributed by atoms with Crippen molar-refractivity contribution in [3.63, 3.8) is 0 Å². The molecule has 1 atom stereocenters. The Morgan fingerprint density at radius 3 is 2.60 bits per heavy atom. The molecule has 0 aliphatic heterocycles. The topological polar surface area (TPSA) is 62.2 Å². The van der Waals surface area contributed by atoms with E-state index in [4.69, 9.17) is 23.2 Å². The number of carbonyl (C=O) groups excluding carboxylic acids is 1. The zero-order valence-corrected chi connectivity index (χ0v) is 15.3. The van der Waals surface area contributed by atoms with Gasteiger partial charge in [-0.15, -0.1) is 11.3 Å². The van der Waals surface area contributed by atoms with Crippen molar-refractivity contribution >= 4 is 40.4 Å². The summed E-state index contributed by atoms with van der Waals surface area (Å²) >= 11 is 13.2. The van der Waals surface area contributed by atoms with E-state index in [0.29, 0.717) is 25.5 Å². The number of carbonyl (C=O) groups is 1. The first-order valence-electron chi connectivity index (χ1n) is 7.47. The van der Waals surface area contributed by atoms with E-state index in [0.717, 1.165) is 5.56 Å². The van der Waals surface area contributed by atoms with Crippen LogP contribution in [0.25, 0.3) is 10.6 Å². The number of aromatic nitrogens is 1. The third kappa shape index (κ3) is 4.38. The molecular formula is C18H14Cl2N2O2S. The van der Waals surface area contributed by atoms with E-state index in [1.54, 1.807) is 30.3 Å². The van der Waals surface area contributed by atoms with Gasteiger partial charge in [0.15, 0.2) is 0 Å². The maximum Gasteiger partial charge on any atom is 0.263 e. The zero-order valence-electron chi connectivity index (χ0n) is 12.9. The number of aliphatic hydroxyl groups is 1. The minimum absolute atomic E-state index is 0.0970. The van der Waals surface area contributed by atoms with Crippen molar-refractivity contribution in [3.8, 4) is 10.6 Å². The van der Waals surface area contributed by atoms with E-state index in [9.17, 15) is 9.90 Å². The van der Waals surface area contributed by atoms with Crippen molar-refractivity contribution in [2.24, 2.45) is 0 Å². The third-order valence-electron chi connectivity index (χ3n) is 3.54. The second-order valence-electron chi connectivity index (χ2n) is 5.29. The van der Waals surface area contributed by atoms with Crippen LogP contribution in [-0.2, 0) is 0 Å². The Hall–Kier alpha value is -1.92. The average molecular weight is 393 g/mol. The lowest BCUT2D eigenvalue weighted by Gasteiger charge is -2.11. The van der Waals surface area contributed by atoms with Gasteiger partial charge in [-0.1, -0.05) is 53.5 Å². The highest BCUT2D eigenvalue weighted by molar-refractivity contribution is 7.17. The van der Waals surface area contributed by atoms with Gasteiger partial charge < -0.3 is 10.4 Å². The van der Waals surface area contributed by atoms with Crippen molar-refractivity contribution in [1.82, 2.24) is 10.3 Å². The summed E-state index contributed by atoms with van der Waals surface area (Å²) in [6.07, 6.45) is 0.699. The van der Waals surface area contributed by atoms with Gasteiger partial charge in [0.05, 0.1) is 17.3 Å². The summed E-state index contributed by atoms with van der Waals surface area (Å²) in [6, 6.07) is 14.2. The molecule has 1 aromatic heterocycles. The molecule has 4 nitrogen and oxygen atoms in total. The lowest BCUT2D eigenvalue weighted by atomic mass is 10.1. The molecule has 128 valence electrons. The smallest absolute Gasteiger partial charge is 0.263 e. The van der Waals surface area contributed by atoms with E-state index in [-0.39, 0.29) is 12.5 Å². The largest absolute Gasteiger partial charge is 0.387 e. The number of aliphatic hydroxyl groups excluding tert-OH is 1. The van der Waals surface area contributed by atoms with Gasteiger partial charge in [-0.2, -0.15) is 0 Å². The summed E-state index contributed by atoms with van der Waals surface area (Å²) in [6.45, 7) is 0.0970. The number of thiazole rings is 1. The van der Waals surface area contributed by atoms with Crippen LogP contribution in [0.3, 0.4) is 0 Å². The predicted octanol–water partition coefficient (Wildman–Crippen LogP) is 4.58. The van der Waals surface area contributed by atoms with Gasteiger partial charge in [0.25, 0.3) is 5.91 Å². The van der Waals surface area contributed by atoms with Crippen molar-refractivity contribution in [3.05, 3.63) is 75.2 Å². The van der Waals surface area contributed by atoms with Crippen molar-refractivity contribution in [2.45, 2.75) is 6.10 Å². The van der Waals surface area contributed by atoms with Gasteiger partial charge in [-0.05, 0) is 23.8 Å². The molecule has 3 aromatic rings. The Labute approximate surface area is 159 Å². The van der Waals surface area contributed by atoms with Gasteiger partial charge in [0.2, 0.25) is 0 Å². The molecule has 0 aliphatic rings. The number of hydrogen-bond donors (Lipinski definition) is 2. The molecule has 0 saturated heterocycles. The van der Waals surface area contributed by atoms with Crippen molar-refractivity contribution < 1.29 is 9.90 Å². The summed E-state index contributed by atoms with van der Waals surface area (Å²) < 4.78 is 0. The molecule has 0 aliphatic carbocycles. The summed E-state index contributed by atoms with van der Waals surface area (Å²) in [5.74, 6) is -0.288. The monoisotopic (exact) mass is 392 g/mol. The molecule has 2 aromatic carbocycles. The molecule has 1 amide bonds. The quantitative estimate of drug-likeness (QED) is 0.667. The van der Waals surface area contributed by atoms with Crippen LogP contribution in [0, 0.1) is 0 Å². The molecule has 0 saturated carbocycles. The Kier molecular flexibility index (Phi) is 5.71. The fraction of sp³-hybridized carbons (Fsp3) is 0.111. The van der Waals surface area contributed by atoms with Crippen LogP contribution in [0.15, 0.2) is 54.7 Å². The SMILES string of the molecule is O=C(NCC(O)c1ccc(Cl)cc1)c1cnc(-c2ccccc2Cl)s1. The number of nitrogens with zero attached hydrogens (tertiary/aromatic N) is 1. The standard InChI is InChI=1S/C18H14Cl2N2O2S/c19-12-7-5-11(6-8-12)15(23)9-21-17(24)16-10-22-18(25-16)13-3-1-2-4-14(13)20/h1-8,10,15,23H,9H2,(H,21,24). The molecule has 7 heteroatoms. The normalized spacial score (nSPS) is 12.0. The zero-order chi connectivity index (χ0) is 17.8. The van der Waals surface area contributed by atoms with Gasteiger partial charge in [-0.3, -0.25) is 4.79 Å². The van der Waals surface area contributed by atoms with Crippen LogP contribution in [-0.4, -0.2) is 22.5 Å². The fourth-order valence-electron chi connectivity index (χ4n) is 2.22. The minimum atomic E-state index is -0.808. The van der Waals surface area contributed by atoms with Crippen LogP contribution in [0.2, 0.25) is 10.0 Å². The minimum Gasteiger partial charge on any atom is -0.387 e. The molecule has 1 unspecified atom stereocenters. The number of hydrogen-bond acceptors (Lipinski definition) is 4. The highest BCUT2D eigenvalue weighted by Crippen LogP contribution is 2.30. The summed E-state index contributed by atoms with van der Waals surface area (Å²) in [5.41, 5.74) is 1.47. The molecule has 2 N–H and O–H groups in total. The Balaban J connectivity index is 1.64. The summed E-state index contributed by atoms with van der Waals surface area (Å²) in [4.78, 5) is 17.0. The molecule has 1 heterocycles. The molecule has 0 radical (unpaired) electrons. The third-order valence-corrected chi connectivity index (χ3v) is 5.16. The van der Waals surface area contributed by atoms with Gasteiger partial charge in [-0.25, -0.2) is 4.98 Å². The van der Waals surface area contributed by atoms with Crippen molar-refractivity contribution in [1.29, 1.82) is 0 Å². The van der Waals surface area contributed by atoms with Crippen LogP contribution in [0.4, 0.5) is 0 Å².